The average molecular weight is 524 g/mol. The van der Waals surface area contributed by atoms with Crippen LogP contribution < -0.4 is 10.6 Å². The summed E-state index contributed by atoms with van der Waals surface area (Å²) in [5, 5.41) is 21.2. The SMILES string of the molecule is CCNC(=NCC(C)(O)c1ccsc1)NCCCCN1CCN(CC)CC1.I. The first-order valence-electron chi connectivity index (χ1n) is 10.3. The fraction of sp³-hybridized carbons (Fsp3) is 0.750. The first kappa shape index (κ1) is 25.6. The monoisotopic (exact) mass is 523 g/mol. The van der Waals surface area contributed by atoms with Crippen LogP contribution in [0.2, 0.25) is 0 Å². The van der Waals surface area contributed by atoms with Crippen LogP contribution in [0.15, 0.2) is 21.8 Å². The molecule has 0 saturated carbocycles. The fourth-order valence-corrected chi connectivity index (χ4v) is 4.02. The molecule has 162 valence electrons. The molecule has 1 aliphatic heterocycles. The quantitative estimate of drug-likeness (QED) is 0.191. The van der Waals surface area contributed by atoms with E-state index in [0.29, 0.717) is 6.54 Å². The third kappa shape index (κ3) is 8.94. The van der Waals surface area contributed by atoms with E-state index in [2.05, 4.69) is 39.3 Å². The molecule has 0 spiro atoms. The number of likely N-dealkylation sites (N-methyl/N-ethyl adjacent to an activating group) is 1. The van der Waals surface area contributed by atoms with Crippen molar-refractivity contribution in [3.63, 3.8) is 0 Å². The third-order valence-electron chi connectivity index (χ3n) is 5.14. The van der Waals surface area contributed by atoms with Crippen molar-refractivity contribution in [3.05, 3.63) is 22.4 Å². The van der Waals surface area contributed by atoms with E-state index in [4.69, 9.17) is 0 Å². The molecule has 0 amide bonds. The lowest BCUT2D eigenvalue weighted by atomic mass is 10.00. The maximum absolute atomic E-state index is 10.6. The van der Waals surface area contributed by atoms with E-state index in [9.17, 15) is 5.11 Å². The standard InChI is InChI=1S/C20H37N5OS.HI/c1-4-21-19(23-17-20(3,26)18-8-15-27-16-18)22-9-6-7-10-25-13-11-24(5-2)12-14-25;/h8,15-16,26H,4-7,9-14,17H2,1-3H3,(H2,21,22,23);1H. The summed E-state index contributed by atoms with van der Waals surface area (Å²) in [6, 6.07) is 1.96. The van der Waals surface area contributed by atoms with E-state index < -0.39 is 5.60 Å². The number of nitrogens with zero attached hydrogens (tertiary/aromatic N) is 3. The van der Waals surface area contributed by atoms with E-state index in [1.165, 1.54) is 45.7 Å². The Hall–Kier alpha value is -0.420. The maximum Gasteiger partial charge on any atom is 0.191 e. The first-order valence-corrected chi connectivity index (χ1v) is 11.2. The minimum absolute atomic E-state index is 0. The third-order valence-corrected chi connectivity index (χ3v) is 5.82. The second-order valence-corrected chi connectivity index (χ2v) is 8.17. The van der Waals surface area contributed by atoms with Gasteiger partial charge < -0.3 is 25.5 Å². The van der Waals surface area contributed by atoms with Gasteiger partial charge in [-0.05, 0) is 62.2 Å². The molecular weight excluding hydrogens is 485 g/mol. The van der Waals surface area contributed by atoms with Crippen LogP contribution in [0.3, 0.4) is 0 Å². The van der Waals surface area contributed by atoms with Gasteiger partial charge in [0.15, 0.2) is 5.96 Å². The lowest BCUT2D eigenvalue weighted by Gasteiger charge is -2.34. The van der Waals surface area contributed by atoms with E-state index in [0.717, 1.165) is 31.0 Å². The first-order chi connectivity index (χ1) is 13.0. The summed E-state index contributed by atoms with van der Waals surface area (Å²) in [6.45, 7) is 15.3. The van der Waals surface area contributed by atoms with Crippen molar-refractivity contribution < 1.29 is 5.11 Å². The van der Waals surface area contributed by atoms with Crippen molar-refractivity contribution in [1.82, 2.24) is 20.4 Å². The van der Waals surface area contributed by atoms with Crippen molar-refractivity contribution in [2.75, 3.05) is 58.9 Å². The van der Waals surface area contributed by atoms with Crippen LogP contribution >= 0.6 is 35.3 Å². The molecule has 1 aromatic heterocycles. The van der Waals surface area contributed by atoms with Gasteiger partial charge in [0.05, 0.1) is 6.54 Å². The highest BCUT2D eigenvalue weighted by Gasteiger charge is 2.23. The Labute approximate surface area is 191 Å². The molecule has 1 aliphatic rings. The van der Waals surface area contributed by atoms with Crippen LogP contribution in [0.25, 0.3) is 0 Å². The summed E-state index contributed by atoms with van der Waals surface area (Å²) in [4.78, 5) is 9.67. The molecule has 0 bridgehead atoms. The van der Waals surface area contributed by atoms with Crippen molar-refractivity contribution in [3.8, 4) is 0 Å². The second kappa shape index (κ2) is 13.7. The number of halogens is 1. The molecule has 28 heavy (non-hydrogen) atoms. The molecular formula is C20H38IN5OS. The van der Waals surface area contributed by atoms with Gasteiger partial charge in [-0.1, -0.05) is 6.92 Å². The van der Waals surface area contributed by atoms with Crippen LogP contribution in [0.5, 0.6) is 0 Å². The average Bonchev–Trinajstić information content (AvgIpc) is 3.22. The number of piperazine rings is 1. The maximum atomic E-state index is 10.6. The highest BCUT2D eigenvalue weighted by atomic mass is 127. The highest BCUT2D eigenvalue weighted by Crippen LogP contribution is 2.23. The van der Waals surface area contributed by atoms with Gasteiger partial charge in [-0.3, -0.25) is 0 Å². The molecule has 8 heteroatoms. The van der Waals surface area contributed by atoms with Gasteiger partial charge in [0, 0.05) is 39.3 Å². The van der Waals surface area contributed by atoms with Crippen LogP contribution in [-0.2, 0) is 5.60 Å². The largest absolute Gasteiger partial charge is 0.383 e. The van der Waals surface area contributed by atoms with Crippen molar-refractivity contribution in [1.29, 1.82) is 0 Å². The number of aliphatic hydroxyl groups is 1. The number of hydrogen-bond acceptors (Lipinski definition) is 5. The van der Waals surface area contributed by atoms with Crippen LogP contribution in [0, 0.1) is 0 Å². The Morgan fingerprint density at radius 1 is 1.18 bits per heavy atom. The molecule has 1 aromatic rings. The van der Waals surface area contributed by atoms with Gasteiger partial charge in [-0.25, -0.2) is 4.99 Å². The molecule has 1 saturated heterocycles. The minimum Gasteiger partial charge on any atom is -0.383 e. The van der Waals surface area contributed by atoms with Crippen molar-refractivity contribution >= 4 is 41.3 Å². The Bertz CT molecular complexity index is 545. The van der Waals surface area contributed by atoms with Crippen molar-refractivity contribution in [2.45, 2.75) is 39.2 Å². The summed E-state index contributed by atoms with van der Waals surface area (Å²) >= 11 is 1.60. The number of guanidine groups is 1. The normalized spacial score (nSPS) is 18.4. The summed E-state index contributed by atoms with van der Waals surface area (Å²) in [7, 11) is 0. The lowest BCUT2D eigenvalue weighted by molar-refractivity contribution is 0.0677. The predicted octanol–water partition coefficient (Wildman–Crippen LogP) is 2.55. The number of thiophene rings is 1. The van der Waals surface area contributed by atoms with E-state index in [1.54, 1.807) is 11.3 Å². The molecule has 1 atom stereocenters. The molecule has 3 N–H and O–H groups in total. The number of hydrogen-bond donors (Lipinski definition) is 3. The van der Waals surface area contributed by atoms with Gasteiger partial charge in [0.2, 0.25) is 0 Å². The van der Waals surface area contributed by atoms with Crippen molar-refractivity contribution in [2.24, 2.45) is 4.99 Å². The van der Waals surface area contributed by atoms with Crippen LogP contribution in [0.1, 0.15) is 39.2 Å². The zero-order valence-corrected chi connectivity index (χ0v) is 20.8. The number of unbranched alkanes of at least 4 members (excludes halogenated alkanes) is 1. The zero-order chi connectivity index (χ0) is 19.5. The van der Waals surface area contributed by atoms with E-state index in [-0.39, 0.29) is 24.0 Å². The zero-order valence-electron chi connectivity index (χ0n) is 17.6. The second-order valence-electron chi connectivity index (χ2n) is 7.39. The number of aliphatic imine (C=N–C) groups is 1. The van der Waals surface area contributed by atoms with Crippen LogP contribution in [-0.4, -0.2) is 79.8 Å². The molecule has 2 heterocycles. The fourth-order valence-electron chi connectivity index (χ4n) is 3.23. The Balaban J connectivity index is 0.00000392. The minimum atomic E-state index is -0.928. The molecule has 2 rings (SSSR count). The Morgan fingerprint density at radius 2 is 1.89 bits per heavy atom. The number of rotatable bonds is 10. The van der Waals surface area contributed by atoms with Crippen LogP contribution in [0.4, 0.5) is 0 Å². The van der Waals surface area contributed by atoms with E-state index in [1.807, 2.05) is 23.8 Å². The Morgan fingerprint density at radius 3 is 2.50 bits per heavy atom. The molecule has 0 aromatic carbocycles. The summed E-state index contributed by atoms with van der Waals surface area (Å²) in [6.07, 6.45) is 2.32. The van der Waals surface area contributed by atoms with E-state index >= 15 is 0 Å². The molecule has 0 aliphatic carbocycles. The predicted molar refractivity (Wildman–Crippen MR) is 131 cm³/mol. The van der Waals surface area contributed by atoms with Gasteiger partial charge in [-0.2, -0.15) is 11.3 Å². The summed E-state index contributed by atoms with van der Waals surface area (Å²) < 4.78 is 0. The molecule has 1 fully saturated rings. The summed E-state index contributed by atoms with van der Waals surface area (Å²) in [5.74, 6) is 0.782. The van der Waals surface area contributed by atoms with Gasteiger partial charge in [0.1, 0.15) is 5.60 Å². The van der Waals surface area contributed by atoms with Gasteiger partial charge in [-0.15, -0.1) is 24.0 Å². The van der Waals surface area contributed by atoms with Gasteiger partial charge >= 0.3 is 0 Å². The smallest absolute Gasteiger partial charge is 0.191 e. The molecule has 1 unspecified atom stereocenters. The molecule has 0 radical (unpaired) electrons. The number of nitrogens with one attached hydrogen (secondary N) is 2. The highest BCUT2D eigenvalue weighted by molar-refractivity contribution is 14.0. The lowest BCUT2D eigenvalue weighted by Crippen LogP contribution is -2.46. The summed E-state index contributed by atoms with van der Waals surface area (Å²) in [5.41, 5.74) is -0.00142. The van der Waals surface area contributed by atoms with Gasteiger partial charge in [0.25, 0.3) is 0 Å². The molecule has 6 nitrogen and oxygen atoms in total. The Kier molecular flexibility index (Phi) is 12.6. The topological polar surface area (TPSA) is 63.1 Å².